The lowest BCUT2D eigenvalue weighted by Crippen LogP contribution is -2.06. The Morgan fingerprint density at radius 3 is 2.87 bits per heavy atom. The molecule has 1 aromatic heterocycles. The van der Waals surface area contributed by atoms with Crippen molar-refractivity contribution < 1.29 is 4.39 Å². The molecule has 1 aromatic carbocycles. The van der Waals surface area contributed by atoms with E-state index in [1.54, 1.807) is 29.1 Å². The first-order valence-corrected chi connectivity index (χ1v) is 4.58. The molecule has 15 heavy (non-hydrogen) atoms. The van der Waals surface area contributed by atoms with Gasteiger partial charge in [0.15, 0.2) is 5.82 Å². The molecule has 0 aliphatic rings. The zero-order chi connectivity index (χ0) is 10.7. The number of anilines is 1. The molecular formula is C10H11FN4. The lowest BCUT2D eigenvalue weighted by molar-refractivity contribution is 0.629. The van der Waals surface area contributed by atoms with Crippen molar-refractivity contribution in [2.75, 3.05) is 5.32 Å². The van der Waals surface area contributed by atoms with E-state index in [0.717, 1.165) is 5.82 Å². The van der Waals surface area contributed by atoms with Gasteiger partial charge in [-0.1, -0.05) is 12.1 Å². The van der Waals surface area contributed by atoms with Gasteiger partial charge in [0.05, 0.1) is 12.2 Å². The summed E-state index contributed by atoms with van der Waals surface area (Å²) < 4.78 is 15.0. The topological polar surface area (TPSA) is 42.7 Å². The average Bonchev–Trinajstić information content (AvgIpc) is 2.63. The number of aromatic nitrogens is 3. The van der Waals surface area contributed by atoms with E-state index in [9.17, 15) is 4.39 Å². The zero-order valence-corrected chi connectivity index (χ0v) is 8.31. The minimum atomic E-state index is -0.264. The molecule has 4 nitrogen and oxygen atoms in total. The molecule has 78 valence electrons. The van der Waals surface area contributed by atoms with Crippen LogP contribution in [0.15, 0.2) is 30.6 Å². The summed E-state index contributed by atoms with van der Waals surface area (Å²) in [6, 6.07) is 6.54. The summed E-state index contributed by atoms with van der Waals surface area (Å²) in [5.74, 6) is 0.498. The minimum Gasteiger partial charge on any atom is -0.375 e. The lowest BCUT2D eigenvalue weighted by Gasteiger charge is -2.06. The highest BCUT2D eigenvalue weighted by atomic mass is 19.1. The molecule has 2 aromatic rings. The average molecular weight is 206 g/mol. The van der Waals surface area contributed by atoms with Crippen LogP contribution in [0.2, 0.25) is 0 Å². The Balaban J connectivity index is 2.06. The maximum absolute atomic E-state index is 13.2. The zero-order valence-electron chi connectivity index (χ0n) is 8.31. The van der Waals surface area contributed by atoms with Gasteiger partial charge >= 0.3 is 0 Å². The van der Waals surface area contributed by atoms with Crippen molar-refractivity contribution in [3.8, 4) is 0 Å². The van der Waals surface area contributed by atoms with Gasteiger partial charge in [-0.25, -0.2) is 4.39 Å². The molecule has 0 amide bonds. The molecular weight excluding hydrogens is 195 g/mol. The van der Waals surface area contributed by atoms with Crippen LogP contribution >= 0.6 is 0 Å². The molecule has 1 N–H and O–H groups in total. The highest BCUT2D eigenvalue weighted by Gasteiger charge is 2.02. The fraction of sp³-hybridized carbons (Fsp3) is 0.200. The smallest absolute Gasteiger partial charge is 0.151 e. The molecule has 0 saturated carbocycles. The largest absolute Gasteiger partial charge is 0.375 e. The summed E-state index contributed by atoms with van der Waals surface area (Å²) in [7, 11) is 1.85. The molecule has 0 spiro atoms. The van der Waals surface area contributed by atoms with Gasteiger partial charge in [0.1, 0.15) is 12.1 Å². The van der Waals surface area contributed by atoms with Gasteiger partial charge in [-0.05, 0) is 12.1 Å². The monoisotopic (exact) mass is 206 g/mol. The number of hydrogen-bond donors (Lipinski definition) is 1. The highest BCUT2D eigenvalue weighted by Crippen LogP contribution is 2.12. The van der Waals surface area contributed by atoms with Crippen molar-refractivity contribution in [1.82, 2.24) is 14.8 Å². The SMILES string of the molecule is Cn1cnnc1CNc1ccccc1F. The summed E-state index contributed by atoms with van der Waals surface area (Å²) in [5, 5.41) is 10.6. The standard InChI is InChI=1S/C10H11FN4/c1-15-7-13-14-10(15)6-12-9-5-3-2-4-8(9)11/h2-5,7,12H,6H2,1H3. The number of nitrogens with zero attached hydrogens (tertiary/aromatic N) is 3. The fourth-order valence-corrected chi connectivity index (χ4v) is 1.25. The van der Waals surface area contributed by atoms with Crippen LogP contribution < -0.4 is 5.32 Å². The Morgan fingerprint density at radius 2 is 2.20 bits per heavy atom. The summed E-state index contributed by atoms with van der Waals surface area (Å²) in [4.78, 5) is 0. The number of benzene rings is 1. The molecule has 1 heterocycles. The van der Waals surface area contributed by atoms with E-state index >= 15 is 0 Å². The van der Waals surface area contributed by atoms with E-state index in [2.05, 4.69) is 15.5 Å². The van der Waals surface area contributed by atoms with Gasteiger partial charge in [-0.2, -0.15) is 0 Å². The van der Waals surface area contributed by atoms with Crippen LogP contribution in [-0.2, 0) is 13.6 Å². The second-order valence-corrected chi connectivity index (χ2v) is 3.19. The van der Waals surface area contributed by atoms with Crippen molar-refractivity contribution in [2.45, 2.75) is 6.54 Å². The van der Waals surface area contributed by atoms with E-state index in [1.807, 2.05) is 7.05 Å². The molecule has 0 unspecified atom stereocenters. The second-order valence-electron chi connectivity index (χ2n) is 3.19. The Bertz CT molecular complexity index is 452. The Hall–Kier alpha value is -1.91. The predicted molar refractivity (Wildman–Crippen MR) is 54.7 cm³/mol. The van der Waals surface area contributed by atoms with E-state index in [-0.39, 0.29) is 5.82 Å². The summed E-state index contributed by atoms with van der Waals surface area (Å²) in [6.07, 6.45) is 1.61. The quantitative estimate of drug-likeness (QED) is 0.828. The Morgan fingerprint density at radius 1 is 1.40 bits per heavy atom. The number of hydrogen-bond acceptors (Lipinski definition) is 3. The second kappa shape index (κ2) is 4.08. The number of rotatable bonds is 3. The third-order valence-corrected chi connectivity index (χ3v) is 2.12. The van der Waals surface area contributed by atoms with Gasteiger partial charge in [0.25, 0.3) is 0 Å². The molecule has 5 heteroatoms. The molecule has 0 bridgehead atoms. The van der Waals surface area contributed by atoms with E-state index in [4.69, 9.17) is 0 Å². The van der Waals surface area contributed by atoms with Crippen LogP contribution in [0, 0.1) is 5.82 Å². The molecule has 0 saturated heterocycles. The maximum atomic E-state index is 13.2. The molecule has 0 radical (unpaired) electrons. The van der Waals surface area contributed by atoms with Gasteiger partial charge < -0.3 is 9.88 Å². The van der Waals surface area contributed by atoms with Crippen LogP contribution in [0.25, 0.3) is 0 Å². The van der Waals surface area contributed by atoms with Gasteiger partial charge in [-0.15, -0.1) is 10.2 Å². The maximum Gasteiger partial charge on any atom is 0.151 e. The third-order valence-electron chi connectivity index (χ3n) is 2.12. The number of para-hydroxylation sites is 1. The fourth-order valence-electron chi connectivity index (χ4n) is 1.25. The first kappa shape index (κ1) is 9.64. The number of halogens is 1. The molecule has 0 fully saturated rings. The number of aryl methyl sites for hydroxylation is 1. The molecule has 0 atom stereocenters. The van der Waals surface area contributed by atoms with Crippen LogP contribution in [0.1, 0.15) is 5.82 Å². The molecule has 0 aliphatic heterocycles. The van der Waals surface area contributed by atoms with Crippen LogP contribution in [0.3, 0.4) is 0 Å². The summed E-state index contributed by atoms with van der Waals surface area (Å²) in [6.45, 7) is 0.456. The molecule has 0 aliphatic carbocycles. The highest BCUT2D eigenvalue weighted by molar-refractivity contribution is 5.44. The summed E-state index contributed by atoms with van der Waals surface area (Å²) >= 11 is 0. The normalized spacial score (nSPS) is 10.3. The first-order valence-electron chi connectivity index (χ1n) is 4.58. The van der Waals surface area contributed by atoms with Crippen molar-refractivity contribution in [2.24, 2.45) is 7.05 Å². The van der Waals surface area contributed by atoms with Crippen LogP contribution in [-0.4, -0.2) is 14.8 Å². The number of nitrogens with one attached hydrogen (secondary N) is 1. The minimum absolute atomic E-state index is 0.264. The first-order chi connectivity index (χ1) is 7.27. The predicted octanol–water partition coefficient (Wildman–Crippen LogP) is 1.57. The third kappa shape index (κ3) is 2.12. The Labute approximate surface area is 86.8 Å². The van der Waals surface area contributed by atoms with Gasteiger partial charge in [-0.3, -0.25) is 0 Å². The lowest BCUT2D eigenvalue weighted by atomic mass is 10.3. The Kier molecular flexibility index (Phi) is 2.62. The molecule has 2 rings (SSSR count). The van der Waals surface area contributed by atoms with Gasteiger partial charge in [0, 0.05) is 7.05 Å². The van der Waals surface area contributed by atoms with E-state index in [1.165, 1.54) is 6.07 Å². The summed E-state index contributed by atoms with van der Waals surface area (Å²) in [5.41, 5.74) is 0.473. The van der Waals surface area contributed by atoms with E-state index < -0.39 is 0 Å². The van der Waals surface area contributed by atoms with Crippen molar-refractivity contribution in [3.63, 3.8) is 0 Å². The van der Waals surface area contributed by atoms with E-state index in [0.29, 0.717) is 12.2 Å². The van der Waals surface area contributed by atoms with Crippen LogP contribution in [0.5, 0.6) is 0 Å². The van der Waals surface area contributed by atoms with Crippen LogP contribution in [0.4, 0.5) is 10.1 Å². The van der Waals surface area contributed by atoms with Crippen molar-refractivity contribution in [1.29, 1.82) is 0 Å². The van der Waals surface area contributed by atoms with Crippen molar-refractivity contribution in [3.05, 3.63) is 42.2 Å². The van der Waals surface area contributed by atoms with Gasteiger partial charge in [0.2, 0.25) is 0 Å². The van der Waals surface area contributed by atoms with Crippen molar-refractivity contribution >= 4 is 5.69 Å².